The summed E-state index contributed by atoms with van der Waals surface area (Å²) < 4.78 is 5.36. The van der Waals surface area contributed by atoms with E-state index in [9.17, 15) is 4.79 Å². The number of fused-ring (bicyclic) bond motifs is 1. The molecule has 146 valence electrons. The number of carbonyl (C=O) groups is 1. The van der Waals surface area contributed by atoms with Crippen LogP contribution in [0.2, 0.25) is 0 Å². The molecule has 28 heavy (non-hydrogen) atoms. The predicted molar refractivity (Wildman–Crippen MR) is 109 cm³/mol. The fourth-order valence-corrected chi connectivity index (χ4v) is 3.81. The Morgan fingerprint density at radius 1 is 1.18 bits per heavy atom. The van der Waals surface area contributed by atoms with Crippen LogP contribution in [0.3, 0.4) is 0 Å². The molecule has 1 aliphatic heterocycles. The van der Waals surface area contributed by atoms with E-state index in [0.717, 1.165) is 18.5 Å². The van der Waals surface area contributed by atoms with Crippen LogP contribution in [0.4, 0.5) is 0 Å². The summed E-state index contributed by atoms with van der Waals surface area (Å²) in [4.78, 5) is 20.0. The van der Waals surface area contributed by atoms with Gasteiger partial charge in [-0.05, 0) is 51.9 Å². The fourth-order valence-electron chi connectivity index (χ4n) is 3.81. The van der Waals surface area contributed by atoms with Crippen molar-refractivity contribution in [2.45, 2.75) is 32.6 Å². The summed E-state index contributed by atoms with van der Waals surface area (Å²) in [5.74, 6) is -0.102. The normalized spacial score (nSPS) is 15.0. The van der Waals surface area contributed by atoms with Gasteiger partial charge in [-0.1, -0.05) is 41.9 Å². The number of hydrogen-bond donors (Lipinski definition) is 1. The molecule has 1 saturated heterocycles. The van der Waals surface area contributed by atoms with E-state index in [2.05, 4.69) is 20.4 Å². The average Bonchev–Trinajstić information content (AvgIpc) is 3.12. The van der Waals surface area contributed by atoms with Gasteiger partial charge in [0.15, 0.2) is 0 Å². The smallest absolute Gasteiger partial charge is 0.259 e. The Labute approximate surface area is 164 Å². The second kappa shape index (κ2) is 8.52. The van der Waals surface area contributed by atoms with E-state index in [1.165, 1.54) is 32.4 Å². The van der Waals surface area contributed by atoms with Crippen molar-refractivity contribution >= 4 is 17.0 Å². The quantitative estimate of drug-likeness (QED) is 0.661. The van der Waals surface area contributed by atoms with Gasteiger partial charge in [-0.2, -0.15) is 0 Å². The Kier molecular flexibility index (Phi) is 5.67. The van der Waals surface area contributed by atoms with Crippen LogP contribution in [0.25, 0.3) is 22.4 Å². The van der Waals surface area contributed by atoms with E-state index in [0.29, 0.717) is 34.6 Å². The number of nitrogens with zero attached hydrogens (tertiary/aromatic N) is 3. The van der Waals surface area contributed by atoms with Gasteiger partial charge in [0.2, 0.25) is 0 Å². The number of amides is 1. The number of carbonyl (C=O) groups excluding carboxylic acids is 1. The number of aromatic nitrogens is 2. The van der Waals surface area contributed by atoms with Crippen molar-refractivity contribution in [3.8, 4) is 11.3 Å². The zero-order valence-corrected chi connectivity index (χ0v) is 16.3. The number of aryl methyl sites for hydroxylation is 1. The zero-order valence-electron chi connectivity index (χ0n) is 16.3. The van der Waals surface area contributed by atoms with Gasteiger partial charge in [0.05, 0.1) is 22.3 Å². The SMILES string of the molecule is Cc1noc2nc(-c3ccccc3)cc(C(=O)NCCCN3CCCCC3)c12. The van der Waals surface area contributed by atoms with Crippen molar-refractivity contribution in [3.63, 3.8) is 0 Å². The number of piperidine rings is 1. The molecule has 3 heterocycles. The first-order chi connectivity index (χ1) is 13.7. The van der Waals surface area contributed by atoms with Crippen molar-refractivity contribution in [2.24, 2.45) is 0 Å². The lowest BCUT2D eigenvalue weighted by molar-refractivity contribution is 0.0952. The molecule has 0 atom stereocenters. The van der Waals surface area contributed by atoms with Crippen molar-refractivity contribution in [3.05, 3.63) is 47.7 Å². The maximum atomic E-state index is 12.9. The Morgan fingerprint density at radius 3 is 2.75 bits per heavy atom. The Morgan fingerprint density at radius 2 is 1.96 bits per heavy atom. The van der Waals surface area contributed by atoms with Gasteiger partial charge in [-0.3, -0.25) is 4.79 Å². The number of rotatable bonds is 6. The summed E-state index contributed by atoms with van der Waals surface area (Å²) in [5.41, 5.74) is 3.30. The van der Waals surface area contributed by atoms with Crippen LogP contribution >= 0.6 is 0 Å². The van der Waals surface area contributed by atoms with Crippen molar-refractivity contribution in [2.75, 3.05) is 26.2 Å². The summed E-state index contributed by atoms with van der Waals surface area (Å²) in [6.07, 6.45) is 4.87. The third-order valence-electron chi connectivity index (χ3n) is 5.32. The van der Waals surface area contributed by atoms with Crippen LogP contribution in [0, 0.1) is 6.92 Å². The fraction of sp³-hybridized carbons (Fsp3) is 0.409. The Hall–Kier alpha value is -2.73. The van der Waals surface area contributed by atoms with Crippen LogP contribution in [-0.2, 0) is 0 Å². The number of hydrogen-bond acceptors (Lipinski definition) is 5. The number of likely N-dealkylation sites (tertiary alicyclic amines) is 1. The molecule has 3 aromatic rings. The molecular weight excluding hydrogens is 352 g/mol. The molecule has 4 rings (SSSR count). The second-order valence-electron chi connectivity index (χ2n) is 7.38. The highest BCUT2D eigenvalue weighted by molar-refractivity contribution is 6.06. The third kappa shape index (κ3) is 4.07. The molecule has 1 fully saturated rings. The van der Waals surface area contributed by atoms with Gasteiger partial charge < -0.3 is 14.7 Å². The lowest BCUT2D eigenvalue weighted by Gasteiger charge is -2.26. The van der Waals surface area contributed by atoms with Gasteiger partial charge in [-0.25, -0.2) is 4.98 Å². The average molecular weight is 378 g/mol. The number of pyridine rings is 1. The van der Waals surface area contributed by atoms with E-state index < -0.39 is 0 Å². The highest BCUT2D eigenvalue weighted by Crippen LogP contribution is 2.26. The molecule has 6 nitrogen and oxygen atoms in total. The summed E-state index contributed by atoms with van der Waals surface area (Å²) in [6.45, 7) is 5.89. The number of benzene rings is 1. The summed E-state index contributed by atoms with van der Waals surface area (Å²) >= 11 is 0. The Bertz CT molecular complexity index is 946. The summed E-state index contributed by atoms with van der Waals surface area (Å²) in [5, 5.41) is 7.76. The van der Waals surface area contributed by atoms with E-state index in [1.54, 1.807) is 0 Å². The number of nitrogens with one attached hydrogen (secondary N) is 1. The van der Waals surface area contributed by atoms with Gasteiger partial charge in [-0.15, -0.1) is 0 Å². The molecule has 1 amide bonds. The minimum Gasteiger partial charge on any atom is -0.352 e. The Balaban J connectivity index is 1.49. The molecule has 0 radical (unpaired) electrons. The first-order valence-electron chi connectivity index (χ1n) is 10.1. The summed E-state index contributed by atoms with van der Waals surface area (Å²) in [6, 6.07) is 11.6. The molecule has 1 aliphatic rings. The molecular formula is C22H26N4O2. The van der Waals surface area contributed by atoms with E-state index in [4.69, 9.17) is 4.52 Å². The van der Waals surface area contributed by atoms with Crippen molar-refractivity contribution in [1.29, 1.82) is 0 Å². The molecule has 0 bridgehead atoms. The summed E-state index contributed by atoms with van der Waals surface area (Å²) in [7, 11) is 0. The van der Waals surface area contributed by atoms with Crippen molar-refractivity contribution < 1.29 is 9.32 Å². The van der Waals surface area contributed by atoms with Crippen LogP contribution in [0.15, 0.2) is 40.9 Å². The largest absolute Gasteiger partial charge is 0.352 e. The highest BCUT2D eigenvalue weighted by atomic mass is 16.5. The lowest BCUT2D eigenvalue weighted by Crippen LogP contribution is -2.33. The highest BCUT2D eigenvalue weighted by Gasteiger charge is 2.19. The van der Waals surface area contributed by atoms with Crippen LogP contribution in [0.5, 0.6) is 0 Å². The maximum absolute atomic E-state index is 12.9. The predicted octanol–water partition coefficient (Wildman–Crippen LogP) is 3.80. The monoisotopic (exact) mass is 378 g/mol. The van der Waals surface area contributed by atoms with Crippen LogP contribution in [0.1, 0.15) is 41.7 Å². The van der Waals surface area contributed by atoms with Gasteiger partial charge in [0.1, 0.15) is 0 Å². The third-order valence-corrected chi connectivity index (χ3v) is 5.32. The van der Waals surface area contributed by atoms with Crippen LogP contribution < -0.4 is 5.32 Å². The minimum atomic E-state index is -0.102. The van der Waals surface area contributed by atoms with Gasteiger partial charge >= 0.3 is 0 Å². The van der Waals surface area contributed by atoms with Gasteiger partial charge in [0, 0.05) is 12.1 Å². The van der Waals surface area contributed by atoms with Gasteiger partial charge in [0.25, 0.3) is 11.6 Å². The standard InChI is InChI=1S/C22H26N4O2/c1-16-20-18(21(27)23-11-8-14-26-12-6-3-7-13-26)15-19(24-22(20)28-25-16)17-9-4-2-5-10-17/h2,4-5,9-10,15H,3,6-8,11-14H2,1H3,(H,23,27). The molecule has 6 heteroatoms. The lowest BCUT2D eigenvalue weighted by atomic mass is 10.1. The molecule has 1 N–H and O–H groups in total. The van der Waals surface area contributed by atoms with E-state index in [1.807, 2.05) is 43.3 Å². The molecule has 1 aromatic carbocycles. The molecule has 0 aliphatic carbocycles. The first kappa shape index (κ1) is 18.6. The minimum absolute atomic E-state index is 0.102. The van der Waals surface area contributed by atoms with Crippen molar-refractivity contribution in [1.82, 2.24) is 20.4 Å². The molecule has 0 saturated carbocycles. The first-order valence-corrected chi connectivity index (χ1v) is 10.1. The molecule has 0 unspecified atom stereocenters. The molecule has 2 aromatic heterocycles. The zero-order chi connectivity index (χ0) is 19.3. The van der Waals surface area contributed by atoms with Crippen LogP contribution in [-0.4, -0.2) is 47.1 Å². The second-order valence-corrected chi connectivity index (χ2v) is 7.38. The van der Waals surface area contributed by atoms with E-state index in [-0.39, 0.29) is 5.91 Å². The topological polar surface area (TPSA) is 71.3 Å². The maximum Gasteiger partial charge on any atom is 0.259 e. The van der Waals surface area contributed by atoms with E-state index >= 15 is 0 Å². The molecule has 0 spiro atoms.